The Bertz CT molecular complexity index is 1190. The molecule has 0 bridgehead atoms. The molecular weight excluding hydrogens is 348 g/mol. The molecule has 1 aliphatic rings. The fraction of sp³-hybridized carbons (Fsp3) is 0.160. The molecule has 138 valence electrons. The molecule has 3 aromatic carbocycles. The average molecular weight is 368 g/mol. The molecule has 0 N–H and O–H groups in total. The van der Waals surface area contributed by atoms with Crippen molar-refractivity contribution in [3.05, 3.63) is 112 Å². The summed E-state index contributed by atoms with van der Waals surface area (Å²) in [6.07, 6.45) is 0.822. The standard InChI is InChI=1S/C25H20O3/c1-27-18-13-11-17(12-14-18)23-20(16-7-3-2-4-8-16)15-21-19-9-5-6-10-22(19)28-25(26)24(21)23/h2-14,20,23H,15H2,1H3/t20-,23-/m1/s1. The van der Waals surface area contributed by atoms with Crippen molar-refractivity contribution in [2.45, 2.75) is 18.3 Å². The maximum atomic E-state index is 13.0. The van der Waals surface area contributed by atoms with Gasteiger partial charge in [-0.2, -0.15) is 0 Å². The van der Waals surface area contributed by atoms with Crippen molar-refractivity contribution in [3.8, 4) is 5.75 Å². The molecule has 0 saturated carbocycles. The number of ether oxygens (including phenoxy) is 1. The molecule has 0 spiro atoms. The Hall–Kier alpha value is -3.33. The van der Waals surface area contributed by atoms with Gasteiger partial charge in [-0.3, -0.25) is 0 Å². The molecule has 1 aliphatic carbocycles. The van der Waals surface area contributed by atoms with E-state index >= 15 is 0 Å². The Labute approximate surface area is 163 Å². The maximum absolute atomic E-state index is 13.0. The summed E-state index contributed by atoms with van der Waals surface area (Å²) in [7, 11) is 1.66. The first-order valence-electron chi connectivity index (χ1n) is 9.50. The van der Waals surface area contributed by atoms with Gasteiger partial charge in [0.05, 0.1) is 7.11 Å². The van der Waals surface area contributed by atoms with E-state index in [1.54, 1.807) is 7.11 Å². The minimum Gasteiger partial charge on any atom is -0.497 e. The van der Waals surface area contributed by atoms with Crippen LogP contribution in [0, 0.1) is 0 Å². The molecular formula is C25H20O3. The fourth-order valence-corrected chi connectivity index (χ4v) is 4.52. The summed E-state index contributed by atoms with van der Waals surface area (Å²) in [5, 5.41) is 1.04. The molecule has 4 aromatic rings. The van der Waals surface area contributed by atoms with Crippen LogP contribution in [0.3, 0.4) is 0 Å². The van der Waals surface area contributed by atoms with E-state index in [2.05, 4.69) is 42.5 Å². The summed E-state index contributed by atoms with van der Waals surface area (Å²) in [4.78, 5) is 13.0. The molecule has 0 aliphatic heterocycles. The number of fused-ring (bicyclic) bond motifs is 3. The summed E-state index contributed by atoms with van der Waals surface area (Å²) in [6, 6.07) is 26.3. The van der Waals surface area contributed by atoms with Gasteiger partial charge in [-0.1, -0.05) is 60.7 Å². The van der Waals surface area contributed by atoms with E-state index < -0.39 is 0 Å². The Morgan fingerprint density at radius 1 is 0.857 bits per heavy atom. The van der Waals surface area contributed by atoms with Crippen molar-refractivity contribution in [2.24, 2.45) is 0 Å². The lowest BCUT2D eigenvalue weighted by atomic mass is 9.82. The lowest BCUT2D eigenvalue weighted by Gasteiger charge is -2.21. The van der Waals surface area contributed by atoms with E-state index in [9.17, 15) is 4.79 Å². The van der Waals surface area contributed by atoms with Crippen LogP contribution in [0.1, 0.15) is 34.1 Å². The fourth-order valence-electron chi connectivity index (χ4n) is 4.52. The van der Waals surface area contributed by atoms with Gasteiger partial charge in [-0.15, -0.1) is 0 Å². The van der Waals surface area contributed by atoms with Gasteiger partial charge in [0, 0.05) is 16.9 Å². The van der Waals surface area contributed by atoms with E-state index in [1.165, 1.54) is 5.56 Å². The molecule has 0 saturated heterocycles. The van der Waals surface area contributed by atoms with Crippen LogP contribution < -0.4 is 10.4 Å². The zero-order valence-electron chi connectivity index (χ0n) is 15.6. The lowest BCUT2D eigenvalue weighted by Crippen LogP contribution is -2.15. The van der Waals surface area contributed by atoms with E-state index in [0.29, 0.717) is 5.58 Å². The molecule has 3 nitrogen and oxygen atoms in total. The number of benzene rings is 3. The van der Waals surface area contributed by atoms with Gasteiger partial charge in [0.2, 0.25) is 0 Å². The van der Waals surface area contributed by atoms with Crippen LogP contribution in [0.4, 0.5) is 0 Å². The second-order valence-electron chi connectivity index (χ2n) is 7.25. The first-order chi connectivity index (χ1) is 13.8. The van der Waals surface area contributed by atoms with Crippen LogP contribution in [-0.2, 0) is 6.42 Å². The van der Waals surface area contributed by atoms with Gasteiger partial charge >= 0.3 is 5.63 Å². The number of rotatable bonds is 3. The average Bonchev–Trinajstić information content (AvgIpc) is 3.16. The summed E-state index contributed by atoms with van der Waals surface area (Å²) >= 11 is 0. The topological polar surface area (TPSA) is 39.4 Å². The van der Waals surface area contributed by atoms with Crippen LogP contribution in [0.15, 0.2) is 88.1 Å². The third-order valence-electron chi connectivity index (χ3n) is 5.80. The van der Waals surface area contributed by atoms with Crippen molar-refractivity contribution in [1.29, 1.82) is 0 Å². The van der Waals surface area contributed by atoms with Crippen molar-refractivity contribution >= 4 is 11.0 Å². The number of hydrogen-bond acceptors (Lipinski definition) is 3. The molecule has 5 rings (SSSR count). The second kappa shape index (κ2) is 6.68. The van der Waals surface area contributed by atoms with Crippen molar-refractivity contribution < 1.29 is 9.15 Å². The maximum Gasteiger partial charge on any atom is 0.340 e. The minimum atomic E-state index is -0.229. The number of hydrogen-bond donors (Lipinski definition) is 0. The molecule has 28 heavy (non-hydrogen) atoms. The number of methoxy groups -OCH3 is 1. The predicted molar refractivity (Wildman–Crippen MR) is 110 cm³/mol. The lowest BCUT2D eigenvalue weighted by molar-refractivity contribution is 0.414. The van der Waals surface area contributed by atoms with Crippen LogP contribution in [0.2, 0.25) is 0 Å². The van der Waals surface area contributed by atoms with Gasteiger partial charge in [-0.25, -0.2) is 4.79 Å². The Morgan fingerprint density at radius 2 is 1.57 bits per heavy atom. The third kappa shape index (κ3) is 2.63. The van der Waals surface area contributed by atoms with E-state index in [0.717, 1.165) is 34.2 Å². The van der Waals surface area contributed by atoms with E-state index in [-0.39, 0.29) is 17.5 Å². The van der Waals surface area contributed by atoms with Crippen molar-refractivity contribution in [3.63, 3.8) is 0 Å². The quantitative estimate of drug-likeness (QED) is 0.462. The Kier molecular flexibility index (Phi) is 4.01. The number of para-hydroxylation sites is 1. The second-order valence-corrected chi connectivity index (χ2v) is 7.25. The molecule has 0 fully saturated rings. The van der Waals surface area contributed by atoms with Crippen LogP contribution in [0.25, 0.3) is 11.0 Å². The molecule has 0 radical (unpaired) electrons. The molecule has 0 unspecified atom stereocenters. The van der Waals surface area contributed by atoms with Gasteiger partial charge in [0.1, 0.15) is 11.3 Å². The molecule has 2 atom stereocenters. The highest BCUT2D eigenvalue weighted by molar-refractivity contribution is 5.82. The summed E-state index contributed by atoms with van der Waals surface area (Å²) in [5.74, 6) is 0.964. The zero-order chi connectivity index (χ0) is 19.1. The van der Waals surface area contributed by atoms with Crippen molar-refractivity contribution in [2.75, 3.05) is 7.11 Å². The van der Waals surface area contributed by atoms with Gasteiger partial charge < -0.3 is 9.15 Å². The highest BCUT2D eigenvalue weighted by atomic mass is 16.5. The Balaban J connectivity index is 1.75. The summed E-state index contributed by atoms with van der Waals surface area (Å²) < 4.78 is 11.0. The molecule has 1 heterocycles. The smallest absolute Gasteiger partial charge is 0.340 e. The largest absolute Gasteiger partial charge is 0.497 e. The van der Waals surface area contributed by atoms with E-state index in [1.807, 2.05) is 36.4 Å². The van der Waals surface area contributed by atoms with Gasteiger partial charge in [0.25, 0.3) is 0 Å². The van der Waals surface area contributed by atoms with Gasteiger partial charge in [0.15, 0.2) is 0 Å². The first-order valence-corrected chi connectivity index (χ1v) is 9.50. The van der Waals surface area contributed by atoms with E-state index in [4.69, 9.17) is 9.15 Å². The zero-order valence-corrected chi connectivity index (χ0v) is 15.6. The Morgan fingerprint density at radius 3 is 2.32 bits per heavy atom. The van der Waals surface area contributed by atoms with Crippen LogP contribution in [0.5, 0.6) is 5.75 Å². The third-order valence-corrected chi connectivity index (χ3v) is 5.80. The van der Waals surface area contributed by atoms with Crippen molar-refractivity contribution in [1.82, 2.24) is 0 Å². The molecule has 0 amide bonds. The SMILES string of the molecule is COc1ccc([C@H]2c3c(c4ccccc4oc3=O)C[C@@H]2c2ccccc2)cc1. The molecule has 1 aromatic heterocycles. The molecule has 3 heteroatoms. The van der Waals surface area contributed by atoms with Crippen LogP contribution in [-0.4, -0.2) is 7.11 Å². The first kappa shape index (κ1) is 16.8. The predicted octanol–water partition coefficient (Wildman–Crippen LogP) is 5.27. The highest BCUT2D eigenvalue weighted by Gasteiger charge is 2.38. The summed E-state index contributed by atoms with van der Waals surface area (Å²) in [5.41, 5.74) is 4.68. The van der Waals surface area contributed by atoms with Gasteiger partial charge in [-0.05, 0) is 47.2 Å². The summed E-state index contributed by atoms with van der Waals surface area (Å²) in [6.45, 7) is 0. The van der Waals surface area contributed by atoms with Crippen LogP contribution >= 0.6 is 0 Å². The monoisotopic (exact) mass is 368 g/mol. The normalized spacial score (nSPS) is 18.2. The highest BCUT2D eigenvalue weighted by Crippen LogP contribution is 2.48. The minimum absolute atomic E-state index is 0.0378.